The molecule has 2 aromatic carbocycles. The fourth-order valence-electron chi connectivity index (χ4n) is 2.11. The molecule has 0 saturated heterocycles. The molecule has 0 fully saturated rings. The van der Waals surface area contributed by atoms with E-state index in [9.17, 15) is 5.11 Å². The Balaban J connectivity index is 2.45. The van der Waals surface area contributed by atoms with Crippen LogP contribution in [0.3, 0.4) is 0 Å². The first-order valence-corrected chi connectivity index (χ1v) is 6.72. The molecule has 112 valence electrons. The number of methoxy groups -OCH3 is 3. The Bertz CT molecular complexity index is 628. The number of hydrogen-bond donors (Lipinski definition) is 1. The summed E-state index contributed by atoms with van der Waals surface area (Å²) >= 11 is 6.32. The van der Waals surface area contributed by atoms with Crippen molar-refractivity contribution in [3.05, 3.63) is 52.5 Å². The number of halogens is 1. The molecule has 0 aliphatic carbocycles. The Morgan fingerprint density at radius 2 is 1.76 bits per heavy atom. The standard InChI is InChI=1S/C16H17ClO4/c1-19-11-6-4-5-10(9-11)15(18)12-7-8-13(20-2)16(21-3)14(12)17/h4-9,15,18H,1-3H3. The SMILES string of the molecule is COc1cccc(C(O)c2ccc(OC)c(OC)c2Cl)c1. The van der Waals surface area contributed by atoms with E-state index in [1.807, 2.05) is 12.1 Å². The summed E-state index contributed by atoms with van der Waals surface area (Å²) < 4.78 is 15.6. The molecule has 0 aliphatic rings. The number of hydrogen-bond acceptors (Lipinski definition) is 4. The third-order valence-electron chi connectivity index (χ3n) is 3.22. The van der Waals surface area contributed by atoms with E-state index in [0.717, 1.165) is 0 Å². The van der Waals surface area contributed by atoms with Gasteiger partial charge in [-0.25, -0.2) is 0 Å². The fraction of sp³-hybridized carbons (Fsp3) is 0.250. The van der Waals surface area contributed by atoms with Gasteiger partial charge in [0.2, 0.25) is 0 Å². The van der Waals surface area contributed by atoms with E-state index in [2.05, 4.69) is 0 Å². The minimum Gasteiger partial charge on any atom is -0.497 e. The van der Waals surface area contributed by atoms with E-state index in [1.54, 1.807) is 31.4 Å². The van der Waals surface area contributed by atoms with Crippen LogP contribution < -0.4 is 14.2 Å². The third kappa shape index (κ3) is 3.06. The van der Waals surface area contributed by atoms with E-state index in [0.29, 0.717) is 33.4 Å². The molecular weight excluding hydrogens is 292 g/mol. The molecule has 0 radical (unpaired) electrons. The zero-order valence-electron chi connectivity index (χ0n) is 12.1. The maximum atomic E-state index is 10.5. The molecule has 0 saturated carbocycles. The molecule has 1 N–H and O–H groups in total. The van der Waals surface area contributed by atoms with Crippen molar-refractivity contribution in [3.63, 3.8) is 0 Å². The van der Waals surface area contributed by atoms with E-state index in [4.69, 9.17) is 25.8 Å². The summed E-state index contributed by atoms with van der Waals surface area (Å²) in [7, 11) is 4.62. The molecular formula is C16H17ClO4. The third-order valence-corrected chi connectivity index (χ3v) is 3.61. The maximum absolute atomic E-state index is 10.5. The van der Waals surface area contributed by atoms with Gasteiger partial charge < -0.3 is 19.3 Å². The normalized spacial score (nSPS) is 11.9. The molecule has 5 heteroatoms. The minimum absolute atomic E-state index is 0.326. The van der Waals surface area contributed by atoms with Gasteiger partial charge in [0.1, 0.15) is 11.9 Å². The Morgan fingerprint density at radius 3 is 2.38 bits per heavy atom. The molecule has 0 spiro atoms. The summed E-state index contributed by atoms with van der Waals surface area (Å²) in [6.07, 6.45) is -0.882. The van der Waals surface area contributed by atoms with Crippen molar-refractivity contribution < 1.29 is 19.3 Å². The molecule has 0 bridgehead atoms. The van der Waals surface area contributed by atoms with Crippen LogP contribution in [0.5, 0.6) is 17.2 Å². The molecule has 1 atom stereocenters. The molecule has 21 heavy (non-hydrogen) atoms. The van der Waals surface area contributed by atoms with E-state index in [1.165, 1.54) is 14.2 Å². The van der Waals surface area contributed by atoms with Crippen LogP contribution in [0.2, 0.25) is 5.02 Å². The molecule has 1 unspecified atom stereocenters. The summed E-state index contributed by atoms with van der Waals surface area (Å²) in [5, 5.41) is 10.9. The quantitative estimate of drug-likeness (QED) is 0.919. The zero-order valence-corrected chi connectivity index (χ0v) is 12.8. The second kappa shape index (κ2) is 6.70. The molecule has 2 aromatic rings. The molecule has 4 nitrogen and oxygen atoms in total. The van der Waals surface area contributed by atoms with Crippen LogP contribution in [-0.2, 0) is 0 Å². The lowest BCUT2D eigenvalue weighted by Gasteiger charge is -2.17. The van der Waals surface area contributed by atoms with Gasteiger partial charge >= 0.3 is 0 Å². The van der Waals surface area contributed by atoms with E-state index >= 15 is 0 Å². The smallest absolute Gasteiger partial charge is 0.179 e. The average molecular weight is 309 g/mol. The van der Waals surface area contributed by atoms with Gasteiger partial charge in [0.15, 0.2) is 11.5 Å². The number of aliphatic hydroxyl groups excluding tert-OH is 1. The van der Waals surface area contributed by atoms with E-state index in [-0.39, 0.29) is 0 Å². The Hall–Kier alpha value is -1.91. The fourth-order valence-corrected chi connectivity index (χ4v) is 2.44. The zero-order chi connectivity index (χ0) is 15.4. The van der Waals surface area contributed by atoms with Gasteiger partial charge in [0, 0.05) is 5.56 Å². The van der Waals surface area contributed by atoms with Crippen molar-refractivity contribution in [2.45, 2.75) is 6.10 Å². The monoisotopic (exact) mass is 308 g/mol. The van der Waals surface area contributed by atoms with Crippen LogP contribution in [0.15, 0.2) is 36.4 Å². The lowest BCUT2D eigenvalue weighted by Crippen LogP contribution is -2.03. The number of rotatable bonds is 5. The highest BCUT2D eigenvalue weighted by atomic mass is 35.5. The minimum atomic E-state index is -0.882. The van der Waals surface area contributed by atoms with E-state index < -0.39 is 6.10 Å². The van der Waals surface area contributed by atoms with Crippen molar-refractivity contribution in [1.29, 1.82) is 0 Å². The second-order valence-corrected chi connectivity index (χ2v) is 4.76. The Labute approximate surface area is 128 Å². The summed E-state index contributed by atoms with van der Waals surface area (Å²) in [4.78, 5) is 0. The van der Waals surface area contributed by atoms with Gasteiger partial charge in [-0.15, -0.1) is 0 Å². The largest absolute Gasteiger partial charge is 0.497 e. The van der Waals surface area contributed by atoms with Crippen LogP contribution in [0.25, 0.3) is 0 Å². The van der Waals surface area contributed by atoms with Crippen LogP contribution in [0.4, 0.5) is 0 Å². The van der Waals surface area contributed by atoms with Gasteiger partial charge in [-0.05, 0) is 23.8 Å². The summed E-state index contributed by atoms with van der Waals surface area (Å²) in [6.45, 7) is 0. The Morgan fingerprint density at radius 1 is 1.00 bits per heavy atom. The van der Waals surface area contributed by atoms with Crippen molar-refractivity contribution >= 4 is 11.6 Å². The first-order chi connectivity index (χ1) is 10.1. The Kier molecular flexibility index (Phi) is 4.94. The van der Waals surface area contributed by atoms with Crippen molar-refractivity contribution in [3.8, 4) is 17.2 Å². The van der Waals surface area contributed by atoms with Gasteiger partial charge in [0.25, 0.3) is 0 Å². The predicted molar refractivity (Wildman–Crippen MR) is 81.6 cm³/mol. The summed E-state index contributed by atoms with van der Waals surface area (Å²) in [5.41, 5.74) is 1.23. The number of benzene rings is 2. The van der Waals surface area contributed by atoms with Crippen molar-refractivity contribution in [2.75, 3.05) is 21.3 Å². The second-order valence-electron chi connectivity index (χ2n) is 4.38. The van der Waals surface area contributed by atoms with Gasteiger partial charge in [0.05, 0.1) is 26.4 Å². The molecule has 0 aliphatic heterocycles. The van der Waals surface area contributed by atoms with Crippen molar-refractivity contribution in [2.24, 2.45) is 0 Å². The summed E-state index contributed by atoms with van der Waals surface area (Å²) in [6, 6.07) is 10.6. The molecule has 0 aromatic heterocycles. The highest BCUT2D eigenvalue weighted by Gasteiger charge is 2.20. The summed E-state index contributed by atoms with van der Waals surface area (Å²) in [5.74, 6) is 1.59. The topological polar surface area (TPSA) is 47.9 Å². The van der Waals surface area contributed by atoms with Gasteiger partial charge in [-0.2, -0.15) is 0 Å². The maximum Gasteiger partial charge on any atom is 0.179 e. The highest BCUT2D eigenvalue weighted by molar-refractivity contribution is 6.33. The predicted octanol–water partition coefficient (Wildman–Crippen LogP) is 3.45. The van der Waals surface area contributed by atoms with Crippen LogP contribution >= 0.6 is 11.6 Å². The lowest BCUT2D eigenvalue weighted by molar-refractivity contribution is 0.219. The van der Waals surface area contributed by atoms with Crippen LogP contribution in [0, 0.1) is 0 Å². The molecule has 0 amide bonds. The van der Waals surface area contributed by atoms with Crippen LogP contribution in [0.1, 0.15) is 17.2 Å². The van der Waals surface area contributed by atoms with Crippen LogP contribution in [-0.4, -0.2) is 26.4 Å². The number of aliphatic hydroxyl groups is 1. The highest BCUT2D eigenvalue weighted by Crippen LogP contribution is 2.41. The first kappa shape index (κ1) is 15.5. The number of ether oxygens (including phenoxy) is 3. The first-order valence-electron chi connectivity index (χ1n) is 6.34. The molecule has 2 rings (SSSR count). The van der Waals surface area contributed by atoms with Gasteiger partial charge in [-0.1, -0.05) is 29.8 Å². The van der Waals surface area contributed by atoms with Gasteiger partial charge in [-0.3, -0.25) is 0 Å². The van der Waals surface area contributed by atoms with Crippen molar-refractivity contribution in [1.82, 2.24) is 0 Å². The average Bonchev–Trinajstić information content (AvgIpc) is 2.53. The lowest BCUT2D eigenvalue weighted by atomic mass is 10.0. The molecule has 0 heterocycles.